The lowest BCUT2D eigenvalue weighted by atomic mass is 9.95. The zero-order chi connectivity index (χ0) is 24.7. The minimum Gasteiger partial charge on any atom is -0.493 e. The summed E-state index contributed by atoms with van der Waals surface area (Å²) in [6.45, 7) is 9.30. The zero-order valence-electron chi connectivity index (χ0n) is 20.5. The number of aliphatic hydroxyl groups excluding tert-OH is 1. The van der Waals surface area contributed by atoms with Crippen LogP contribution < -0.4 is 4.74 Å². The molecular weight excluding hydrogens is 439 g/mol. The van der Waals surface area contributed by atoms with E-state index in [1.54, 1.807) is 17.0 Å². The van der Waals surface area contributed by atoms with Crippen molar-refractivity contribution in [1.29, 1.82) is 0 Å². The van der Waals surface area contributed by atoms with Crippen molar-refractivity contribution in [3.05, 3.63) is 41.2 Å². The Kier molecular flexibility index (Phi) is 9.08. The van der Waals surface area contributed by atoms with Gasteiger partial charge >= 0.3 is 6.09 Å². The number of carbonyl (C=O) groups excluding carboxylic acids is 2. The maximum atomic E-state index is 14.7. The number of rotatable bonds is 10. The van der Waals surface area contributed by atoms with Gasteiger partial charge in [0.2, 0.25) is 0 Å². The molecule has 8 heteroatoms. The Labute approximate surface area is 201 Å². The number of hydrogen-bond donors (Lipinski definition) is 1. The summed E-state index contributed by atoms with van der Waals surface area (Å²) in [5.41, 5.74) is 1.16. The topological polar surface area (TPSA) is 79.3 Å². The molecule has 0 spiro atoms. The first-order valence-electron chi connectivity index (χ1n) is 12.0. The Bertz CT molecular complexity index is 876. The summed E-state index contributed by atoms with van der Waals surface area (Å²) >= 11 is 0. The van der Waals surface area contributed by atoms with E-state index < -0.39 is 17.3 Å². The lowest BCUT2D eigenvalue weighted by molar-refractivity contribution is -0.110. The van der Waals surface area contributed by atoms with Crippen LogP contribution in [-0.4, -0.2) is 78.8 Å². The second-order valence-electron chi connectivity index (χ2n) is 10.2. The molecule has 1 fully saturated rings. The number of aldehydes is 1. The van der Waals surface area contributed by atoms with Crippen LogP contribution in [-0.2, 0) is 9.53 Å². The van der Waals surface area contributed by atoms with Gasteiger partial charge in [0.05, 0.1) is 12.5 Å². The van der Waals surface area contributed by atoms with Gasteiger partial charge in [0.25, 0.3) is 0 Å². The minimum absolute atomic E-state index is 0.143. The van der Waals surface area contributed by atoms with Crippen LogP contribution in [0.25, 0.3) is 0 Å². The molecule has 188 valence electrons. The van der Waals surface area contributed by atoms with Crippen molar-refractivity contribution < 1.29 is 28.6 Å². The van der Waals surface area contributed by atoms with Gasteiger partial charge in [-0.3, -0.25) is 0 Å². The maximum Gasteiger partial charge on any atom is 0.410 e. The highest BCUT2D eigenvalue weighted by molar-refractivity contribution is 5.68. The van der Waals surface area contributed by atoms with Gasteiger partial charge < -0.3 is 29.2 Å². The van der Waals surface area contributed by atoms with E-state index in [0.29, 0.717) is 37.6 Å². The van der Waals surface area contributed by atoms with Gasteiger partial charge in [0.1, 0.15) is 23.5 Å². The van der Waals surface area contributed by atoms with Gasteiger partial charge in [0.15, 0.2) is 0 Å². The van der Waals surface area contributed by atoms with Crippen molar-refractivity contribution in [3.8, 4) is 5.75 Å². The molecule has 0 saturated carbocycles. The monoisotopic (exact) mass is 476 g/mol. The van der Waals surface area contributed by atoms with Crippen LogP contribution in [0.3, 0.4) is 0 Å². The van der Waals surface area contributed by atoms with Gasteiger partial charge in [-0.25, -0.2) is 9.18 Å². The van der Waals surface area contributed by atoms with Crippen molar-refractivity contribution in [1.82, 2.24) is 9.80 Å². The van der Waals surface area contributed by atoms with Crippen molar-refractivity contribution in [2.24, 2.45) is 5.92 Å². The molecule has 1 saturated heterocycles. The number of ether oxygens (including phenoxy) is 2. The molecule has 1 aromatic rings. The lowest BCUT2D eigenvalue weighted by Crippen LogP contribution is -2.49. The number of nitrogens with zero attached hydrogens (tertiary/aromatic N) is 2. The number of amides is 1. The Morgan fingerprint density at radius 1 is 1.32 bits per heavy atom. The Morgan fingerprint density at radius 2 is 2.09 bits per heavy atom. The van der Waals surface area contributed by atoms with E-state index in [1.165, 1.54) is 11.6 Å². The standard InChI is InChI=1S/C26H37FN2O5/c1-26(2,3)34-25(32)29-10-8-19(9-11-29)5-4-12-33-22-6-7-23(24(27)13-22)21(18-31)16-28-14-20(15-28)17-30/h6-8,13,18,20-21,30H,4-5,9-12,14-17H2,1-3H3. The molecule has 1 unspecified atom stereocenters. The van der Waals surface area contributed by atoms with E-state index in [-0.39, 0.29) is 18.6 Å². The zero-order valence-corrected chi connectivity index (χ0v) is 20.5. The molecule has 0 bridgehead atoms. The van der Waals surface area contributed by atoms with E-state index in [9.17, 15) is 14.0 Å². The number of benzene rings is 1. The second-order valence-corrected chi connectivity index (χ2v) is 10.2. The average Bonchev–Trinajstić information content (AvgIpc) is 2.76. The fraction of sp³-hybridized carbons (Fsp3) is 0.615. The molecule has 2 aliphatic rings. The van der Waals surface area contributed by atoms with Crippen LogP contribution in [0.15, 0.2) is 29.8 Å². The highest BCUT2D eigenvalue weighted by Gasteiger charge is 2.29. The number of hydrogen-bond acceptors (Lipinski definition) is 6. The number of aliphatic hydroxyl groups is 1. The number of likely N-dealkylation sites (tertiary alicyclic amines) is 1. The van der Waals surface area contributed by atoms with Crippen molar-refractivity contribution in [2.45, 2.75) is 51.6 Å². The molecule has 2 heterocycles. The van der Waals surface area contributed by atoms with E-state index in [4.69, 9.17) is 14.6 Å². The summed E-state index contributed by atoms with van der Waals surface area (Å²) in [7, 11) is 0. The summed E-state index contributed by atoms with van der Waals surface area (Å²) < 4.78 is 25.8. The van der Waals surface area contributed by atoms with Crippen LogP contribution in [0.5, 0.6) is 5.75 Å². The van der Waals surface area contributed by atoms with E-state index in [1.807, 2.05) is 20.8 Å². The SMILES string of the molecule is CC(C)(C)OC(=O)N1CC=C(CCCOc2ccc(C(C=O)CN3CC(CO)C3)c(F)c2)CC1. The van der Waals surface area contributed by atoms with Crippen LogP contribution in [0.1, 0.15) is 51.5 Å². The van der Waals surface area contributed by atoms with E-state index in [2.05, 4.69) is 11.0 Å². The molecule has 0 radical (unpaired) electrons. The van der Waals surface area contributed by atoms with Crippen LogP contribution in [0.4, 0.5) is 9.18 Å². The van der Waals surface area contributed by atoms with E-state index in [0.717, 1.165) is 38.6 Å². The molecule has 1 atom stereocenters. The molecular formula is C26H37FN2O5. The van der Waals surface area contributed by atoms with Gasteiger partial charge in [-0.15, -0.1) is 0 Å². The minimum atomic E-state index is -0.535. The first kappa shape index (κ1) is 26.2. The summed E-state index contributed by atoms with van der Waals surface area (Å²) in [6.07, 6.45) is 5.04. The molecule has 1 aromatic carbocycles. The molecule has 3 rings (SSSR count). The smallest absolute Gasteiger partial charge is 0.410 e. The fourth-order valence-electron chi connectivity index (χ4n) is 4.25. The predicted octanol–water partition coefficient (Wildman–Crippen LogP) is 3.76. The highest BCUT2D eigenvalue weighted by Crippen LogP contribution is 2.26. The van der Waals surface area contributed by atoms with Gasteiger partial charge in [-0.05, 0) is 51.7 Å². The summed E-state index contributed by atoms with van der Waals surface area (Å²) in [4.78, 5) is 27.4. The Morgan fingerprint density at radius 3 is 2.68 bits per heavy atom. The number of halogens is 1. The normalized spacial score (nSPS) is 18.1. The summed E-state index contributed by atoms with van der Waals surface area (Å²) in [5, 5.41) is 9.12. The first-order valence-corrected chi connectivity index (χ1v) is 12.0. The molecule has 2 aliphatic heterocycles. The highest BCUT2D eigenvalue weighted by atomic mass is 19.1. The first-order chi connectivity index (χ1) is 16.2. The van der Waals surface area contributed by atoms with Crippen molar-refractivity contribution in [3.63, 3.8) is 0 Å². The van der Waals surface area contributed by atoms with E-state index >= 15 is 0 Å². The van der Waals surface area contributed by atoms with Gasteiger partial charge in [-0.1, -0.05) is 17.7 Å². The largest absolute Gasteiger partial charge is 0.493 e. The van der Waals surface area contributed by atoms with Gasteiger partial charge in [-0.2, -0.15) is 0 Å². The molecule has 7 nitrogen and oxygen atoms in total. The molecule has 34 heavy (non-hydrogen) atoms. The number of carbonyl (C=O) groups is 2. The average molecular weight is 477 g/mol. The third-order valence-corrected chi connectivity index (χ3v) is 6.15. The van der Waals surface area contributed by atoms with Gasteiger partial charge in [0, 0.05) is 51.3 Å². The Balaban J connectivity index is 1.40. The third-order valence-electron chi connectivity index (χ3n) is 6.15. The quantitative estimate of drug-likeness (QED) is 0.315. The summed E-state index contributed by atoms with van der Waals surface area (Å²) in [6, 6.07) is 4.68. The van der Waals surface area contributed by atoms with Crippen molar-refractivity contribution in [2.75, 3.05) is 45.9 Å². The molecule has 0 aromatic heterocycles. The van der Waals surface area contributed by atoms with Crippen LogP contribution in [0.2, 0.25) is 0 Å². The molecule has 1 N–H and O–H groups in total. The molecule has 1 amide bonds. The third kappa shape index (κ3) is 7.53. The predicted molar refractivity (Wildman–Crippen MR) is 127 cm³/mol. The van der Waals surface area contributed by atoms with Crippen LogP contribution >= 0.6 is 0 Å². The maximum absolute atomic E-state index is 14.7. The van der Waals surface area contributed by atoms with Crippen molar-refractivity contribution >= 4 is 12.4 Å². The van der Waals surface area contributed by atoms with Crippen LogP contribution in [0, 0.1) is 11.7 Å². The summed E-state index contributed by atoms with van der Waals surface area (Å²) in [5.74, 6) is -0.275. The molecule has 0 aliphatic carbocycles. The lowest BCUT2D eigenvalue weighted by Gasteiger charge is -2.39. The second kappa shape index (κ2) is 11.8. The Hall–Kier alpha value is -2.45. The fourth-order valence-corrected chi connectivity index (χ4v) is 4.25.